The summed E-state index contributed by atoms with van der Waals surface area (Å²) in [7, 11) is -3.95. The monoisotopic (exact) mass is 909 g/mol. The molecule has 59 heavy (non-hydrogen) atoms. The quantitative estimate of drug-likeness (QED) is 0.0194. The highest BCUT2D eigenvalue weighted by Crippen LogP contribution is 2.64. The number of carbonyl (C=O) groups excluding carboxylic acids is 1. The molecule has 3 N–H and O–H groups in total. The number of hydrogen-bond donors (Lipinski definition) is 3. The molecule has 1 rings (SSSR count). The Kier molecular flexibility index (Phi) is 17.6. The van der Waals surface area contributed by atoms with Gasteiger partial charge in [-0.1, -0.05) is 58.9 Å². The molecule has 0 aliphatic rings. The Labute approximate surface area is 328 Å². The van der Waals surface area contributed by atoms with Crippen molar-refractivity contribution in [2.24, 2.45) is 5.92 Å². The lowest BCUT2D eigenvalue weighted by molar-refractivity contribution is -0.461. The van der Waals surface area contributed by atoms with E-state index < -0.39 is 98.1 Å². The molecular formula is C35H44F17NO5Si. The minimum atomic E-state index is -8.68. The average Bonchev–Trinajstić information content (AvgIpc) is 3.11. The van der Waals surface area contributed by atoms with Gasteiger partial charge in [0.15, 0.2) is 8.32 Å². The van der Waals surface area contributed by atoms with Crippen molar-refractivity contribution >= 4 is 14.2 Å². The molecule has 0 heterocycles. The van der Waals surface area contributed by atoms with E-state index in [0.29, 0.717) is 24.0 Å². The minimum Gasteiger partial charge on any atom is -0.491 e. The van der Waals surface area contributed by atoms with Gasteiger partial charge in [0.05, 0.1) is 12.7 Å². The normalized spacial score (nSPS) is 15.9. The number of alkyl halides is 17. The first-order chi connectivity index (χ1) is 26.5. The molecule has 342 valence electrons. The zero-order chi connectivity index (χ0) is 46.4. The second-order valence-electron chi connectivity index (χ2n) is 14.4. The van der Waals surface area contributed by atoms with Crippen LogP contribution in [0.3, 0.4) is 0 Å². The number of carbonyl (C=O) groups is 1. The highest BCUT2D eigenvalue weighted by Gasteiger charge is 2.95. The molecule has 1 aromatic carbocycles. The number of hydrogen-bond acceptors (Lipinski definition) is 5. The third-order valence-corrected chi connectivity index (χ3v) is 15.4. The molecule has 0 aliphatic carbocycles. The van der Waals surface area contributed by atoms with Crippen LogP contribution in [0.15, 0.2) is 48.1 Å². The van der Waals surface area contributed by atoms with Crippen molar-refractivity contribution < 1.29 is 98.9 Å². The fraction of sp³-hybridized carbons (Fsp3) is 0.686. The Bertz CT molecular complexity index is 1570. The van der Waals surface area contributed by atoms with Gasteiger partial charge in [0.1, 0.15) is 12.4 Å². The SMILES string of the molecule is CC(/C=C/CC[C@@H](C)[C@H](O)c1ccc(OCCO[Si](CCC(F)(F)C(F)(F)C(F)(F)C(F)(F)C(F)(F)C(F)(F)C(F)(F)C(F)(F)F)(C(C)C)C(C)C)cc1)=C\C(=O)NO. The second kappa shape index (κ2) is 19.3. The lowest BCUT2D eigenvalue weighted by Crippen LogP contribution is -2.74. The first-order valence-corrected chi connectivity index (χ1v) is 19.8. The zero-order valence-electron chi connectivity index (χ0n) is 32.1. The van der Waals surface area contributed by atoms with E-state index in [1.54, 1.807) is 26.0 Å². The van der Waals surface area contributed by atoms with Crippen LogP contribution in [-0.4, -0.2) is 85.4 Å². The summed E-state index contributed by atoms with van der Waals surface area (Å²) in [6.07, 6.45) is -5.70. The Morgan fingerprint density at radius 2 is 1.19 bits per heavy atom. The van der Waals surface area contributed by atoms with Gasteiger partial charge in [0.2, 0.25) is 0 Å². The Morgan fingerprint density at radius 1 is 0.729 bits per heavy atom. The van der Waals surface area contributed by atoms with Crippen molar-refractivity contribution in [1.82, 2.24) is 5.48 Å². The fourth-order valence-corrected chi connectivity index (χ4v) is 10.4. The number of aliphatic hydroxyl groups is 1. The maximum atomic E-state index is 14.9. The maximum Gasteiger partial charge on any atom is 0.460 e. The Balaban J connectivity index is 3.12. The van der Waals surface area contributed by atoms with E-state index in [0.717, 1.165) is 6.08 Å². The first kappa shape index (κ1) is 53.9. The Morgan fingerprint density at radius 3 is 1.63 bits per heavy atom. The van der Waals surface area contributed by atoms with Crippen molar-refractivity contribution in [3.63, 3.8) is 0 Å². The molecule has 0 radical (unpaired) electrons. The van der Waals surface area contributed by atoms with E-state index in [9.17, 15) is 84.5 Å². The van der Waals surface area contributed by atoms with E-state index in [-0.39, 0.29) is 18.3 Å². The molecule has 0 spiro atoms. The van der Waals surface area contributed by atoms with Crippen molar-refractivity contribution in [2.45, 2.75) is 132 Å². The summed E-state index contributed by atoms with van der Waals surface area (Å²) in [5, 5.41) is 19.3. The van der Waals surface area contributed by atoms with Gasteiger partial charge in [-0.15, -0.1) is 0 Å². The van der Waals surface area contributed by atoms with Crippen LogP contribution in [0.1, 0.15) is 72.5 Å². The predicted octanol–water partition coefficient (Wildman–Crippen LogP) is 11.7. The number of allylic oxidation sites excluding steroid dienone is 3. The number of aliphatic hydroxyl groups excluding tert-OH is 1. The Hall–Kier alpha value is -3.12. The molecule has 0 fully saturated rings. The van der Waals surface area contributed by atoms with E-state index in [4.69, 9.17) is 14.4 Å². The topological polar surface area (TPSA) is 88.0 Å². The van der Waals surface area contributed by atoms with Crippen LogP contribution in [0.2, 0.25) is 17.1 Å². The van der Waals surface area contributed by atoms with E-state index in [2.05, 4.69) is 0 Å². The summed E-state index contributed by atoms with van der Waals surface area (Å²) < 4.78 is 246. The number of ether oxygens (including phenoxy) is 1. The van der Waals surface area contributed by atoms with E-state index in [1.165, 1.54) is 57.4 Å². The van der Waals surface area contributed by atoms with Crippen molar-refractivity contribution in [1.29, 1.82) is 0 Å². The highest BCUT2D eigenvalue weighted by molar-refractivity contribution is 6.76. The summed E-state index contributed by atoms with van der Waals surface area (Å²) in [5.74, 6) is -57.5. The van der Waals surface area contributed by atoms with Crippen LogP contribution < -0.4 is 10.2 Å². The standard InChI is InChI=1S/C35H44F17NO5Si/c1-20(2)59(21(3)4,58-17-16-57-25-13-11-24(12-14-25)27(55)23(6)10-8-7-9-22(5)19-26(54)53-56)18-15-28(36,37)29(38,39)30(40,41)31(42,43)32(44,45)33(46,47)34(48,49)35(50,51)52/h7,9,11-14,19-21,23,27,55-56H,8,10,15-18H2,1-6H3,(H,53,54)/b9-7+,22-19+/t23-,27+/m1/s1. The maximum absolute atomic E-state index is 14.9. The summed E-state index contributed by atoms with van der Waals surface area (Å²) in [6, 6.07) is 4.58. The van der Waals surface area contributed by atoms with Gasteiger partial charge >= 0.3 is 47.6 Å². The molecule has 0 bridgehead atoms. The van der Waals surface area contributed by atoms with Crippen LogP contribution in [-0.2, 0) is 9.22 Å². The number of rotatable bonds is 23. The lowest BCUT2D eigenvalue weighted by atomic mass is 9.88. The molecule has 2 atom stereocenters. The van der Waals surface area contributed by atoms with Gasteiger partial charge in [0.25, 0.3) is 5.91 Å². The smallest absolute Gasteiger partial charge is 0.460 e. The summed E-state index contributed by atoms with van der Waals surface area (Å²) >= 11 is 0. The molecule has 24 heteroatoms. The lowest BCUT2D eigenvalue weighted by Gasteiger charge is -2.44. The number of hydroxylamine groups is 1. The fourth-order valence-electron chi connectivity index (χ4n) is 5.91. The number of amides is 1. The molecule has 0 unspecified atom stereocenters. The van der Waals surface area contributed by atoms with Crippen LogP contribution >= 0.6 is 0 Å². The van der Waals surface area contributed by atoms with Gasteiger partial charge in [0, 0.05) is 12.5 Å². The molecule has 1 aromatic rings. The third kappa shape index (κ3) is 11.0. The molecule has 1 amide bonds. The first-order valence-electron chi connectivity index (χ1n) is 17.5. The van der Waals surface area contributed by atoms with Gasteiger partial charge < -0.3 is 14.3 Å². The molecule has 0 aliphatic heterocycles. The summed E-state index contributed by atoms with van der Waals surface area (Å²) in [6.45, 7) is 7.86. The van der Waals surface area contributed by atoms with E-state index >= 15 is 0 Å². The summed E-state index contributed by atoms with van der Waals surface area (Å²) in [5.41, 5.74) is 0.785. The van der Waals surface area contributed by atoms with Crippen LogP contribution in [0.5, 0.6) is 5.75 Å². The van der Waals surface area contributed by atoms with Crippen molar-refractivity contribution in [2.75, 3.05) is 13.2 Å². The minimum absolute atomic E-state index is 0.181. The highest BCUT2D eigenvalue weighted by atomic mass is 28.4. The number of halogens is 17. The van der Waals surface area contributed by atoms with Gasteiger partial charge in [-0.25, -0.2) is 5.48 Å². The largest absolute Gasteiger partial charge is 0.491 e. The molecular weight excluding hydrogens is 865 g/mol. The number of benzene rings is 1. The van der Waals surface area contributed by atoms with E-state index in [1.807, 2.05) is 0 Å². The predicted molar refractivity (Wildman–Crippen MR) is 180 cm³/mol. The second-order valence-corrected chi connectivity index (χ2v) is 19.5. The van der Waals surface area contributed by atoms with Crippen LogP contribution in [0.25, 0.3) is 0 Å². The molecule has 6 nitrogen and oxygen atoms in total. The summed E-state index contributed by atoms with van der Waals surface area (Å²) in [4.78, 5) is 11.1. The van der Waals surface area contributed by atoms with Crippen LogP contribution in [0.4, 0.5) is 74.6 Å². The molecule has 0 aromatic heterocycles. The van der Waals surface area contributed by atoms with Gasteiger partial charge in [-0.05, 0) is 66.1 Å². The van der Waals surface area contributed by atoms with Gasteiger partial charge in [-0.2, -0.15) is 74.6 Å². The zero-order valence-corrected chi connectivity index (χ0v) is 33.1. The van der Waals surface area contributed by atoms with Crippen LogP contribution in [0, 0.1) is 5.92 Å². The van der Waals surface area contributed by atoms with Crippen molar-refractivity contribution in [3.8, 4) is 5.75 Å². The van der Waals surface area contributed by atoms with Gasteiger partial charge in [-0.3, -0.25) is 10.0 Å². The van der Waals surface area contributed by atoms with Crippen molar-refractivity contribution in [3.05, 3.63) is 53.6 Å². The third-order valence-electron chi connectivity index (χ3n) is 9.69. The number of nitrogens with one attached hydrogen (secondary N) is 1. The molecule has 0 saturated heterocycles. The molecule has 0 saturated carbocycles. The average molecular weight is 910 g/mol.